The second-order valence-corrected chi connectivity index (χ2v) is 6.07. The van der Waals surface area contributed by atoms with Gasteiger partial charge in [-0.3, -0.25) is 4.79 Å². The van der Waals surface area contributed by atoms with Crippen LogP contribution >= 0.6 is 11.5 Å². The van der Waals surface area contributed by atoms with Crippen LogP contribution in [0.1, 0.15) is 33.8 Å². The van der Waals surface area contributed by atoms with E-state index in [1.807, 2.05) is 37.3 Å². The maximum absolute atomic E-state index is 12.3. The van der Waals surface area contributed by atoms with Crippen LogP contribution < -0.4 is 10.1 Å². The monoisotopic (exact) mass is 288 g/mol. The fraction of sp³-hybridized carbons (Fsp3) is 0.333. The highest BCUT2D eigenvalue weighted by atomic mass is 32.1. The molecule has 5 heteroatoms. The number of nitrogens with zero attached hydrogens (tertiary/aromatic N) is 1. The van der Waals surface area contributed by atoms with E-state index >= 15 is 0 Å². The summed E-state index contributed by atoms with van der Waals surface area (Å²) < 4.78 is 9.56. The molecule has 20 heavy (non-hydrogen) atoms. The van der Waals surface area contributed by atoms with Gasteiger partial charge in [-0.2, -0.15) is 4.37 Å². The summed E-state index contributed by atoms with van der Waals surface area (Å²) in [5.74, 6) is 0.706. The van der Waals surface area contributed by atoms with Gasteiger partial charge in [-0.25, -0.2) is 0 Å². The number of ether oxygens (including phenoxy) is 1. The van der Waals surface area contributed by atoms with Gasteiger partial charge in [0.05, 0.1) is 12.6 Å². The van der Waals surface area contributed by atoms with Crippen LogP contribution in [-0.4, -0.2) is 17.4 Å². The highest BCUT2D eigenvalue weighted by molar-refractivity contribution is 7.05. The second kappa shape index (κ2) is 4.90. The molecule has 0 unspecified atom stereocenters. The SMILES string of the molecule is COc1ccccc1C1(NC(=O)c2cc(C)sn2)CC1. The van der Waals surface area contributed by atoms with Crippen molar-refractivity contribution in [3.8, 4) is 5.75 Å². The lowest BCUT2D eigenvalue weighted by molar-refractivity contribution is 0.0926. The zero-order chi connectivity index (χ0) is 14.2. The first-order valence-electron chi connectivity index (χ1n) is 6.54. The molecular weight excluding hydrogens is 272 g/mol. The largest absolute Gasteiger partial charge is 0.496 e. The molecule has 1 aliphatic rings. The molecule has 1 aromatic heterocycles. The number of carbonyl (C=O) groups is 1. The van der Waals surface area contributed by atoms with Crippen LogP contribution in [0, 0.1) is 6.92 Å². The molecule has 0 saturated heterocycles. The van der Waals surface area contributed by atoms with E-state index in [4.69, 9.17) is 4.74 Å². The summed E-state index contributed by atoms with van der Waals surface area (Å²) in [6.45, 7) is 1.95. The Bertz CT molecular complexity index is 647. The van der Waals surface area contributed by atoms with Crippen molar-refractivity contribution in [2.45, 2.75) is 25.3 Å². The average molecular weight is 288 g/mol. The van der Waals surface area contributed by atoms with Crippen molar-refractivity contribution in [1.82, 2.24) is 9.69 Å². The van der Waals surface area contributed by atoms with Gasteiger partial charge in [-0.15, -0.1) is 0 Å². The molecule has 1 heterocycles. The molecule has 0 atom stereocenters. The van der Waals surface area contributed by atoms with Crippen molar-refractivity contribution in [3.63, 3.8) is 0 Å². The third kappa shape index (κ3) is 2.29. The molecule has 0 spiro atoms. The lowest BCUT2D eigenvalue weighted by Crippen LogP contribution is -2.35. The molecule has 1 amide bonds. The standard InChI is InChI=1S/C15H16N2O2S/c1-10-9-12(17-20-10)14(18)16-15(7-8-15)11-5-3-4-6-13(11)19-2/h3-6,9H,7-8H2,1-2H3,(H,16,18). The lowest BCUT2D eigenvalue weighted by atomic mass is 10.0. The van der Waals surface area contributed by atoms with Crippen LogP contribution in [-0.2, 0) is 5.54 Å². The average Bonchev–Trinajstić information content (AvgIpc) is 3.11. The third-order valence-corrected chi connectivity index (χ3v) is 4.28. The minimum atomic E-state index is -0.290. The number of rotatable bonds is 4. The molecule has 1 aromatic carbocycles. The summed E-state index contributed by atoms with van der Waals surface area (Å²) in [5.41, 5.74) is 1.25. The minimum Gasteiger partial charge on any atom is -0.496 e. The van der Waals surface area contributed by atoms with Crippen molar-refractivity contribution in [1.29, 1.82) is 0 Å². The number of nitrogens with one attached hydrogen (secondary N) is 1. The Hall–Kier alpha value is -1.88. The Balaban J connectivity index is 1.84. The first-order valence-corrected chi connectivity index (χ1v) is 7.31. The number of aromatic nitrogens is 1. The fourth-order valence-corrected chi connectivity index (χ4v) is 2.92. The molecule has 2 aromatic rings. The molecule has 0 aliphatic heterocycles. The normalized spacial score (nSPS) is 15.7. The van der Waals surface area contributed by atoms with Crippen molar-refractivity contribution in [2.24, 2.45) is 0 Å². The molecule has 0 radical (unpaired) electrons. The fourth-order valence-electron chi connectivity index (χ4n) is 2.38. The van der Waals surface area contributed by atoms with Gasteiger partial charge in [-0.05, 0) is 43.4 Å². The van der Waals surface area contributed by atoms with E-state index in [1.54, 1.807) is 7.11 Å². The van der Waals surface area contributed by atoms with Crippen molar-refractivity contribution >= 4 is 17.4 Å². The Labute approximate surface area is 121 Å². The number of carbonyl (C=O) groups excluding carboxylic acids is 1. The number of para-hydroxylation sites is 1. The molecule has 104 valence electrons. The van der Waals surface area contributed by atoms with Gasteiger partial charge in [0.2, 0.25) is 0 Å². The highest BCUT2D eigenvalue weighted by Gasteiger charge is 2.47. The third-order valence-electron chi connectivity index (χ3n) is 3.59. The van der Waals surface area contributed by atoms with Gasteiger partial charge in [0.1, 0.15) is 11.4 Å². The quantitative estimate of drug-likeness (QED) is 0.941. The van der Waals surface area contributed by atoms with Crippen LogP contribution in [0.15, 0.2) is 30.3 Å². The summed E-state index contributed by atoms with van der Waals surface area (Å²) in [6.07, 6.45) is 1.87. The number of benzene rings is 1. The van der Waals surface area contributed by atoms with Gasteiger partial charge in [-0.1, -0.05) is 18.2 Å². The maximum atomic E-state index is 12.3. The predicted molar refractivity (Wildman–Crippen MR) is 78.2 cm³/mol. The molecule has 0 bridgehead atoms. The van der Waals surface area contributed by atoms with E-state index in [0.29, 0.717) is 5.69 Å². The van der Waals surface area contributed by atoms with Crippen LogP contribution in [0.4, 0.5) is 0 Å². The highest BCUT2D eigenvalue weighted by Crippen LogP contribution is 2.48. The Morgan fingerprint density at radius 3 is 2.75 bits per heavy atom. The van der Waals surface area contributed by atoms with Gasteiger partial charge in [0, 0.05) is 10.4 Å². The first kappa shape index (κ1) is 13.1. The van der Waals surface area contributed by atoms with E-state index < -0.39 is 0 Å². The van der Waals surface area contributed by atoms with Crippen LogP contribution in [0.3, 0.4) is 0 Å². The first-order chi connectivity index (χ1) is 9.64. The molecular formula is C15H16N2O2S. The van der Waals surface area contributed by atoms with E-state index in [1.165, 1.54) is 11.5 Å². The molecule has 1 fully saturated rings. The van der Waals surface area contributed by atoms with E-state index in [-0.39, 0.29) is 11.4 Å². The minimum absolute atomic E-state index is 0.113. The van der Waals surface area contributed by atoms with Crippen LogP contribution in [0.2, 0.25) is 0 Å². The Morgan fingerprint density at radius 2 is 2.15 bits per heavy atom. The van der Waals surface area contributed by atoms with Gasteiger partial charge >= 0.3 is 0 Å². The topological polar surface area (TPSA) is 51.2 Å². The van der Waals surface area contributed by atoms with Gasteiger partial charge in [0.15, 0.2) is 0 Å². The number of methoxy groups -OCH3 is 1. The predicted octanol–water partition coefficient (Wildman–Crippen LogP) is 2.88. The van der Waals surface area contributed by atoms with Crippen LogP contribution in [0.25, 0.3) is 0 Å². The van der Waals surface area contributed by atoms with Gasteiger partial charge in [0.25, 0.3) is 5.91 Å². The zero-order valence-corrected chi connectivity index (χ0v) is 12.3. The summed E-state index contributed by atoms with van der Waals surface area (Å²) in [4.78, 5) is 13.3. The maximum Gasteiger partial charge on any atom is 0.271 e. The molecule has 4 nitrogen and oxygen atoms in total. The van der Waals surface area contributed by atoms with E-state index in [2.05, 4.69) is 9.69 Å². The van der Waals surface area contributed by atoms with Gasteiger partial charge < -0.3 is 10.1 Å². The van der Waals surface area contributed by atoms with Crippen molar-refractivity contribution in [3.05, 3.63) is 46.5 Å². The summed E-state index contributed by atoms with van der Waals surface area (Å²) in [5, 5.41) is 3.11. The van der Waals surface area contributed by atoms with Crippen LogP contribution in [0.5, 0.6) is 5.75 Å². The van der Waals surface area contributed by atoms with E-state index in [0.717, 1.165) is 29.0 Å². The lowest BCUT2D eigenvalue weighted by Gasteiger charge is -2.19. The Kier molecular flexibility index (Phi) is 3.22. The number of hydrogen-bond acceptors (Lipinski definition) is 4. The molecule has 1 saturated carbocycles. The number of hydrogen-bond donors (Lipinski definition) is 1. The zero-order valence-electron chi connectivity index (χ0n) is 11.5. The molecule has 1 aliphatic carbocycles. The second-order valence-electron chi connectivity index (χ2n) is 5.06. The molecule has 1 N–H and O–H groups in total. The van der Waals surface area contributed by atoms with Crippen molar-refractivity contribution < 1.29 is 9.53 Å². The summed E-state index contributed by atoms with van der Waals surface area (Å²) >= 11 is 1.35. The number of amides is 1. The number of aryl methyl sites for hydroxylation is 1. The molecule has 3 rings (SSSR count). The summed E-state index contributed by atoms with van der Waals surface area (Å²) in [7, 11) is 1.65. The Morgan fingerprint density at radius 1 is 1.40 bits per heavy atom. The van der Waals surface area contributed by atoms with Crippen molar-refractivity contribution in [2.75, 3.05) is 7.11 Å². The summed E-state index contributed by atoms with van der Waals surface area (Å²) in [6, 6.07) is 9.66. The van der Waals surface area contributed by atoms with E-state index in [9.17, 15) is 4.79 Å². The smallest absolute Gasteiger partial charge is 0.271 e.